The fourth-order valence-corrected chi connectivity index (χ4v) is 4.98. The molecule has 0 radical (unpaired) electrons. The van der Waals surface area contributed by atoms with Gasteiger partial charge in [-0.15, -0.1) is 0 Å². The minimum absolute atomic E-state index is 0.175. The van der Waals surface area contributed by atoms with Crippen LogP contribution in [0.1, 0.15) is 52.9 Å². The summed E-state index contributed by atoms with van der Waals surface area (Å²) in [5, 5.41) is 1.84. The van der Waals surface area contributed by atoms with Gasteiger partial charge in [-0.3, -0.25) is 14.4 Å². The van der Waals surface area contributed by atoms with Crippen molar-refractivity contribution >= 4 is 23.2 Å². The number of fused-ring (bicyclic) bond motifs is 1. The van der Waals surface area contributed by atoms with Crippen LogP contribution in [0, 0.1) is 11.8 Å². The fourth-order valence-electron chi connectivity index (χ4n) is 4.98. The third kappa shape index (κ3) is 4.49. The summed E-state index contributed by atoms with van der Waals surface area (Å²) in [5.41, 5.74) is 1.45. The largest absolute Gasteiger partial charge is 0.494 e. The first-order valence-electron chi connectivity index (χ1n) is 12.2. The Hall–Kier alpha value is -2.86. The lowest BCUT2D eigenvalue weighted by Crippen LogP contribution is -2.44. The second-order valence-corrected chi connectivity index (χ2v) is 8.87. The number of ether oxygens (including phenoxy) is 1. The van der Waals surface area contributed by atoms with E-state index in [-0.39, 0.29) is 23.8 Å². The SMILES string of the molecule is CCCC[C@H](CC)[C@@H]1[C@@H]2C(=O)N(c3ccc(OCCC)cc3)C(=O)[C@@H]2ON1c1ccccc1. The molecule has 0 unspecified atom stereocenters. The molecule has 2 fully saturated rings. The Morgan fingerprint density at radius 1 is 0.909 bits per heavy atom. The van der Waals surface area contributed by atoms with E-state index in [0.717, 1.165) is 43.5 Å². The van der Waals surface area contributed by atoms with Crippen molar-refractivity contribution in [3.8, 4) is 5.75 Å². The highest BCUT2D eigenvalue weighted by atomic mass is 16.7. The van der Waals surface area contributed by atoms with Crippen molar-refractivity contribution in [1.29, 1.82) is 0 Å². The Morgan fingerprint density at radius 3 is 2.27 bits per heavy atom. The fraction of sp³-hybridized carbons (Fsp3) is 0.481. The summed E-state index contributed by atoms with van der Waals surface area (Å²) < 4.78 is 5.64. The normalized spacial score (nSPS) is 23.2. The van der Waals surface area contributed by atoms with E-state index in [1.807, 2.05) is 54.5 Å². The average molecular weight is 451 g/mol. The van der Waals surface area contributed by atoms with Crippen molar-refractivity contribution in [1.82, 2.24) is 0 Å². The molecule has 4 atom stereocenters. The van der Waals surface area contributed by atoms with Crippen molar-refractivity contribution in [2.75, 3.05) is 16.6 Å². The van der Waals surface area contributed by atoms with Crippen LogP contribution < -0.4 is 14.7 Å². The van der Waals surface area contributed by atoms with Crippen LogP contribution in [0.25, 0.3) is 0 Å². The summed E-state index contributed by atoms with van der Waals surface area (Å²) in [6.07, 6.45) is 4.22. The maximum Gasteiger partial charge on any atom is 0.266 e. The standard InChI is InChI=1S/C27H34N2O4/c1-4-7-11-19(6-3)24-23-25(33-29(24)21-12-9-8-10-13-21)27(31)28(26(23)30)20-14-16-22(17-15-20)32-18-5-2/h8-10,12-17,19,23-25H,4-7,11,18H2,1-3H3/t19-,23-,24+,25+/m0/s1. The van der Waals surface area contributed by atoms with E-state index < -0.39 is 12.0 Å². The summed E-state index contributed by atoms with van der Waals surface area (Å²) in [4.78, 5) is 34.7. The molecule has 2 aliphatic rings. The quantitative estimate of drug-likeness (QED) is 0.456. The highest BCUT2D eigenvalue weighted by Crippen LogP contribution is 2.44. The lowest BCUT2D eigenvalue weighted by atomic mass is 9.82. The van der Waals surface area contributed by atoms with Gasteiger partial charge in [-0.2, -0.15) is 0 Å². The molecule has 0 spiro atoms. The second-order valence-electron chi connectivity index (χ2n) is 8.87. The highest BCUT2D eigenvalue weighted by molar-refractivity contribution is 6.23. The van der Waals surface area contributed by atoms with E-state index in [1.54, 1.807) is 12.1 Å². The van der Waals surface area contributed by atoms with Crippen LogP contribution in [0.3, 0.4) is 0 Å². The molecular weight excluding hydrogens is 416 g/mol. The number of para-hydroxylation sites is 1. The molecule has 0 bridgehead atoms. The maximum absolute atomic E-state index is 13.7. The number of carbonyl (C=O) groups is 2. The van der Waals surface area contributed by atoms with Crippen LogP contribution in [0.2, 0.25) is 0 Å². The molecule has 2 aromatic carbocycles. The number of anilines is 2. The molecule has 0 N–H and O–H groups in total. The zero-order chi connectivity index (χ0) is 23.4. The average Bonchev–Trinajstić information content (AvgIpc) is 3.35. The van der Waals surface area contributed by atoms with Gasteiger partial charge < -0.3 is 4.74 Å². The van der Waals surface area contributed by atoms with Gasteiger partial charge in [-0.25, -0.2) is 9.96 Å². The van der Waals surface area contributed by atoms with E-state index in [9.17, 15) is 9.59 Å². The molecule has 6 nitrogen and oxygen atoms in total. The second kappa shape index (κ2) is 10.4. The number of amides is 2. The molecule has 0 aliphatic carbocycles. The molecule has 2 aliphatic heterocycles. The van der Waals surface area contributed by atoms with Gasteiger partial charge in [0.2, 0.25) is 5.91 Å². The highest BCUT2D eigenvalue weighted by Gasteiger charge is 2.61. The van der Waals surface area contributed by atoms with Crippen molar-refractivity contribution < 1.29 is 19.2 Å². The van der Waals surface area contributed by atoms with E-state index >= 15 is 0 Å². The van der Waals surface area contributed by atoms with Crippen LogP contribution in [0.15, 0.2) is 54.6 Å². The Morgan fingerprint density at radius 2 is 1.64 bits per heavy atom. The predicted octanol–water partition coefficient (Wildman–Crippen LogP) is 5.37. The van der Waals surface area contributed by atoms with Crippen LogP contribution in [0.4, 0.5) is 11.4 Å². The molecule has 176 valence electrons. The summed E-state index contributed by atoms with van der Waals surface area (Å²) >= 11 is 0. The third-order valence-electron chi connectivity index (χ3n) is 6.68. The van der Waals surface area contributed by atoms with Gasteiger partial charge in [0, 0.05) is 0 Å². The van der Waals surface area contributed by atoms with Crippen LogP contribution in [-0.2, 0) is 14.4 Å². The molecule has 0 aromatic heterocycles. The molecule has 2 saturated heterocycles. The number of hydroxylamine groups is 1. The van der Waals surface area contributed by atoms with Crippen LogP contribution >= 0.6 is 0 Å². The predicted molar refractivity (Wildman–Crippen MR) is 129 cm³/mol. The monoisotopic (exact) mass is 450 g/mol. The summed E-state index contributed by atoms with van der Waals surface area (Å²) in [7, 11) is 0. The third-order valence-corrected chi connectivity index (χ3v) is 6.68. The van der Waals surface area contributed by atoms with E-state index in [4.69, 9.17) is 9.57 Å². The van der Waals surface area contributed by atoms with E-state index in [0.29, 0.717) is 12.3 Å². The minimum Gasteiger partial charge on any atom is -0.494 e. The number of imide groups is 1. The number of hydrogen-bond donors (Lipinski definition) is 0. The molecule has 0 saturated carbocycles. The number of benzene rings is 2. The molecule has 4 rings (SSSR count). The van der Waals surface area contributed by atoms with Gasteiger partial charge in [0.25, 0.3) is 5.91 Å². The first-order chi connectivity index (χ1) is 16.1. The number of nitrogens with zero attached hydrogens (tertiary/aromatic N) is 2. The summed E-state index contributed by atoms with van der Waals surface area (Å²) in [6, 6.07) is 16.8. The number of hydrogen-bond acceptors (Lipinski definition) is 5. The minimum atomic E-state index is -0.797. The Labute approximate surface area is 196 Å². The van der Waals surface area contributed by atoms with Gasteiger partial charge in [0.05, 0.1) is 29.9 Å². The van der Waals surface area contributed by atoms with Crippen LogP contribution in [-0.4, -0.2) is 30.6 Å². The van der Waals surface area contributed by atoms with Crippen LogP contribution in [0.5, 0.6) is 5.75 Å². The topological polar surface area (TPSA) is 59.1 Å². The molecule has 2 heterocycles. The molecule has 2 amide bonds. The number of carbonyl (C=O) groups excluding carboxylic acids is 2. The lowest BCUT2D eigenvalue weighted by molar-refractivity contribution is -0.126. The molecule has 33 heavy (non-hydrogen) atoms. The van der Waals surface area contributed by atoms with Crippen molar-refractivity contribution in [3.63, 3.8) is 0 Å². The van der Waals surface area contributed by atoms with E-state index in [2.05, 4.69) is 13.8 Å². The number of unbranched alkanes of at least 4 members (excludes halogenated alkanes) is 1. The van der Waals surface area contributed by atoms with Gasteiger partial charge >= 0.3 is 0 Å². The van der Waals surface area contributed by atoms with Gasteiger partial charge in [0.1, 0.15) is 5.75 Å². The lowest BCUT2D eigenvalue weighted by Gasteiger charge is -2.33. The zero-order valence-electron chi connectivity index (χ0n) is 19.8. The van der Waals surface area contributed by atoms with Crippen molar-refractivity contribution in [2.24, 2.45) is 11.8 Å². The van der Waals surface area contributed by atoms with Crippen molar-refractivity contribution in [3.05, 3.63) is 54.6 Å². The molecular formula is C27H34N2O4. The van der Waals surface area contributed by atoms with Gasteiger partial charge in [-0.1, -0.05) is 58.2 Å². The zero-order valence-corrected chi connectivity index (χ0v) is 19.8. The summed E-state index contributed by atoms with van der Waals surface area (Å²) in [6.45, 7) is 7.01. The van der Waals surface area contributed by atoms with Crippen molar-refractivity contribution in [2.45, 2.75) is 65.0 Å². The maximum atomic E-state index is 13.7. The first kappa shape index (κ1) is 23.3. The Balaban J connectivity index is 1.64. The summed E-state index contributed by atoms with van der Waals surface area (Å²) in [5.74, 6) is -0.00121. The molecule has 6 heteroatoms. The number of rotatable bonds is 10. The van der Waals surface area contributed by atoms with E-state index in [1.165, 1.54) is 4.90 Å². The first-order valence-corrected chi connectivity index (χ1v) is 12.2. The Bertz CT molecular complexity index is 946. The van der Waals surface area contributed by atoms with Gasteiger partial charge in [-0.05, 0) is 55.2 Å². The Kier molecular flexibility index (Phi) is 7.33. The smallest absolute Gasteiger partial charge is 0.266 e. The molecule has 2 aromatic rings. The van der Waals surface area contributed by atoms with Gasteiger partial charge in [0.15, 0.2) is 6.10 Å².